The molecule has 7 rings (SSSR count). The molecule has 0 spiro atoms. The minimum absolute atomic E-state index is 0.139. The van der Waals surface area contributed by atoms with Crippen molar-refractivity contribution in [3.8, 4) is 28.6 Å². The zero-order chi connectivity index (χ0) is 26.7. The third-order valence-electron chi connectivity index (χ3n) is 7.74. The van der Waals surface area contributed by atoms with Gasteiger partial charge in [-0.15, -0.1) is 10.2 Å². The van der Waals surface area contributed by atoms with Gasteiger partial charge in [-0.05, 0) is 78.8 Å². The van der Waals surface area contributed by atoms with Crippen LogP contribution in [0.3, 0.4) is 0 Å². The first-order valence-corrected chi connectivity index (χ1v) is 13.3. The average molecular weight is 520 g/mol. The first kappa shape index (κ1) is 23.7. The highest BCUT2D eigenvalue weighted by molar-refractivity contribution is 6.10. The second kappa shape index (κ2) is 9.10. The fraction of sp³-hybridized carbons (Fsp3) is 0.300. The first-order chi connectivity index (χ1) is 19.0. The van der Waals surface area contributed by atoms with Crippen molar-refractivity contribution in [1.82, 2.24) is 25.1 Å². The molecule has 0 bridgehead atoms. The molecule has 2 aliphatic carbocycles. The summed E-state index contributed by atoms with van der Waals surface area (Å²) in [5.41, 5.74) is 5.51. The quantitative estimate of drug-likeness (QED) is 0.375. The van der Waals surface area contributed by atoms with Crippen LogP contribution >= 0.6 is 0 Å². The van der Waals surface area contributed by atoms with Crippen LogP contribution in [0.4, 0.5) is 10.2 Å². The Labute approximate surface area is 225 Å². The topological polar surface area (TPSA) is 99.7 Å². The number of benzene rings is 2. The normalized spacial score (nSPS) is 16.4. The second-order valence-electron chi connectivity index (χ2n) is 10.7. The van der Waals surface area contributed by atoms with Crippen LogP contribution in [0.25, 0.3) is 22.5 Å². The van der Waals surface area contributed by atoms with E-state index in [1.807, 2.05) is 29.8 Å². The molecule has 0 radical (unpaired) electrons. The van der Waals surface area contributed by atoms with Crippen molar-refractivity contribution in [2.24, 2.45) is 7.05 Å². The highest BCUT2D eigenvalue weighted by Crippen LogP contribution is 2.43. The Bertz CT molecular complexity index is 1680. The molecule has 1 amide bonds. The molecule has 4 aromatic rings. The van der Waals surface area contributed by atoms with Crippen molar-refractivity contribution in [3.63, 3.8) is 0 Å². The number of aromatic nitrogens is 4. The van der Waals surface area contributed by atoms with E-state index in [0.717, 1.165) is 53.6 Å². The number of nitriles is 1. The van der Waals surface area contributed by atoms with Gasteiger partial charge in [0.25, 0.3) is 5.91 Å². The maximum Gasteiger partial charge on any atom is 0.260 e. The van der Waals surface area contributed by atoms with Gasteiger partial charge in [-0.25, -0.2) is 9.37 Å². The number of fused-ring (bicyclic) bond motifs is 1. The Balaban J connectivity index is 1.30. The molecular formula is C30H26FN7O. The van der Waals surface area contributed by atoms with E-state index < -0.39 is 0 Å². The van der Waals surface area contributed by atoms with E-state index in [2.05, 4.69) is 27.6 Å². The number of carbonyl (C=O) groups is 1. The monoisotopic (exact) mass is 519 g/mol. The molecule has 194 valence electrons. The number of carbonyl (C=O) groups excluding carboxylic acids is 1. The van der Waals surface area contributed by atoms with Crippen LogP contribution in [0.1, 0.15) is 64.3 Å². The van der Waals surface area contributed by atoms with Gasteiger partial charge in [0.05, 0.1) is 18.2 Å². The molecule has 2 saturated carbocycles. The van der Waals surface area contributed by atoms with E-state index in [9.17, 15) is 10.1 Å². The van der Waals surface area contributed by atoms with Gasteiger partial charge < -0.3 is 9.88 Å². The summed E-state index contributed by atoms with van der Waals surface area (Å²) in [4.78, 5) is 20.1. The van der Waals surface area contributed by atoms with Crippen molar-refractivity contribution in [1.29, 1.82) is 5.26 Å². The minimum atomic E-state index is -0.355. The van der Waals surface area contributed by atoms with Crippen LogP contribution in [0.2, 0.25) is 0 Å². The van der Waals surface area contributed by atoms with Gasteiger partial charge in [-0.2, -0.15) is 5.26 Å². The maximum atomic E-state index is 15.2. The number of halogens is 1. The van der Waals surface area contributed by atoms with Gasteiger partial charge >= 0.3 is 0 Å². The molecule has 3 aliphatic rings. The number of hydrogen-bond acceptors (Lipinski definition) is 6. The summed E-state index contributed by atoms with van der Waals surface area (Å²) < 4.78 is 17.0. The SMILES string of the molecule is Cn1cnnc1-c1cc(C#N)ccc1-c1cc(C2CC2)nc(N2Cc3c(F)cc(CNC4CC4)cc3C2=O)c1. The van der Waals surface area contributed by atoms with Crippen LogP contribution in [0, 0.1) is 17.1 Å². The van der Waals surface area contributed by atoms with Crippen LogP contribution in [-0.4, -0.2) is 31.7 Å². The summed E-state index contributed by atoms with van der Waals surface area (Å²) in [5.74, 6) is 0.869. The van der Waals surface area contributed by atoms with Crippen molar-refractivity contribution < 1.29 is 9.18 Å². The number of aryl methyl sites for hydroxylation is 1. The molecule has 39 heavy (non-hydrogen) atoms. The van der Waals surface area contributed by atoms with Crippen molar-refractivity contribution in [2.75, 3.05) is 4.90 Å². The molecule has 8 nitrogen and oxygen atoms in total. The lowest BCUT2D eigenvalue weighted by Crippen LogP contribution is -2.24. The molecule has 2 fully saturated rings. The van der Waals surface area contributed by atoms with Gasteiger partial charge in [0.1, 0.15) is 18.0 Å². The molecule has 0 atom stereocenters. The van der Waals surface area contributed by atoms with Crippen LogP contribution in [0.5, 0.6) is 0 Å². The summed E-state index contributed by atoms with van der Waals surface area (Å²) in [6.45, 7) is 0.686. The third-order valence-corrected chi connectivity index (χ3v) is 7.74. The summed E-state index contributed by atoms with van der Waals surface area (Å²) >= 11 is 0. The summed E-state index contributed by atoms with van der Waals surface area (Å²) in [5, 5.41) is 21.2. The molecule has 2 aromatic heterocycles. The van der Waals surface area contributed by atoms with Gasteiger partial charge in [-0.3, -0.25) is 9.69 Å². The van der Waals surface area contributed by atoms with Crippen molar-refractivity contribution in [2.45, 2.75) is 50.7 Å². The largest absolute Gasteiger partial charge is 0.317 e. The minimum Gasteiger partial charge on any atom is -0.317 e. The van der Waals surface area contributed by atoms with Gasteiger partial charge in [0.15, 0.2) is 5.82 Å². The Kier molecular flexibility index (Phi) is 5.53. The molecule has 2 aromatic carbocycles. The van der Waals surface area contributed by atoms with E-state index in [0.29, 0.717) is 46.8 Å². The number of rotatable bonds is 7. The zero-order valence-corrected chi connectivity index (χ0v) is 21.5. The molecule has 0 saturated heterocycles. The standard InChI is InChI=1S/C30H26FN7O/c1-37-16-34-36-29(37)23-8-17(13-32)2-7-22(23)20-11-27(19-3-4-19)35-28(12-20)38-15-25-24(30(38)39)9-18(10-26(25)31)14-33-21-5-6-21/h2,7-12,16,19,21,33H,3-6,14-15H2,1H3. The summed E-state index contributed by atoms with van der Waals surface area (Å²) in [6, 6.07) is 15.5. The number of hydrogen-bond donors (Lipinski definition) is 1. The summed E-state index contributed by atoms with van der Waals surface area (Å²) in [7, 11) is 1.86. The van der Waals surface area contributed by atoms with Gasteiger partial charge in [-0.1, -0.05) is 6.07 Å². The van der Waals surface area contributed by atoms with Crippen LogP contribution < -0.4 is 10.2 Å². The Hall–Kier alpha value is -4.42. The highest BCUT2D eigenvalue weighted by Gasteiger charge is 2.34. The first-order valence-electron chi connectivity index (χ1n) is 13.3. The predicted molar refractivity (Wildman–Crippen MR) is 143 cm³/mol. The Morgan fingerprint density at radius 2 is 1.92 bits per heavy atom. The fourth-order valence-electron chi connectivity index (χ4n) is 5.25. The lowest BCUT2D eigenvalue weighted by molar-refractivity contribution is 0.0995. The second-order valence-corrected chi connectivity index (χ2v) is 10.7. The van der Waals surface area contributed by atoms with Crippen molar-refractivity contribution in [3.05, 3.63) is 82.6 Å². The van der Waals surface area contributed by atoms with E-state index in [4.69, 9.17) is 4.98 Å². The lowest BCUT2D eigenvalue weighted by atomic mass is 9.96. The van der Waals surface area contributed by atoms with E-state index >= 15 is 4.39 Å². The van der Waals surface area contributed by atoms with Crippen molar-refractivity contribution >= 4 is 11.7 Å². The van der Waals surface area contributed by atoms with E-state index in [1.165, 1.54) is 6.07 Å². The number of anilines is 1. The number of nitrogens with zero attached hydrogens (tertiary/aromatic N) is 6. The highest BCUT2D eigenvalue weighted by atomic mass is 19.1. The molecule has 1 aliphatic heterocycles. The smallest absolute Gasteiger partial charge is 0.260 e. The van der Waals surface area contributed by atoms with Crippen LogP contribution in [-0.2, 0) is 20.1 Å². The molecular weight excluding hydrogens is 493 g/mol. The summed E-state index contributed by atoms with van der Waals surface area (Å²) in [6.07, 6.45) is 5.99. The third kappa shape index (κ3) is 4.37. The van der Waals surface area contributed by atoms with Gasteiger partial charge in [0, 0.05) is 47.9 Å². The molecule has 1 N–H and O–H groups in total. The van der Waals surface area contributed by atoms with E-state index in [-0.39, 0.29) is 18.3 Å². The number of pyridine rings is 1. The predicted octanol–water partition coefficient (Wildman–Crippen LogP) is 4.84. The number of amides is 1. The van der Waals surface area contributed by atoms with Crippen LogP contribution in [0.15, 0.2) is 48.8 Å². The molecule has 9 heteroatoms. The maximum absolute atomic E-state index is 15.2. The zero-order valence-electron chi connectivity index (χ0n) is 21.5. The molecule has 0 unspecified atom stereocenters. The molecule has 3 heterocycles. The average Bonchev–Trinajstić information content (AvgIpc) is 3.88. The van der Waals surface area contributed by atoms with E-state index in [1.54, 1.807) is 23.4 Å². The van der Waals surface area contributed by atoms with Gasteiger partial charge in [0.2, 0.25) is 0 Å². The Morgan fingerprint density at radius 3 is 2.64 bits per heavy atom. The number of nitrogens with one attached hydrogen (secondary N) is 1. The Morgan fingerprint density at radius 1 is 1.08 bits per heavy atom. The lowest BCUT2D eigenvalue weighted by Gasteiger charge is -2.18. The fourth-order valence-corrected chi connectivity index (χ4v) is 5.25.